The fraction of sp³-hybridized carbons (Fsp3) is 0.167. The summed E-state index contributed by atoms with van der Waals surface area (Å²) in [6.07, 6.45) is 3.14. The monoisotopic (exact) mass is 215 g/mol. The van der Waals surface area contributed by atoms with Gasteiger partial charge in [-0.05, 0) is 6.07 Å². The van der Waals surface area contributed by atoms with Gasteiger partial charge in [0, 0.05) is 19.3 Å². The normalized spacial score (nSPS) is 9.27. The van der Waals surface area contributed by atoms with Gasteiger partial charge in [-0.2, -0.15) is 0 Å². The Morgan fingerprint density at radius 2 is 2.09 bits per heavy atom. The summed E-state index contributed by atoms with van der Waals surface area (Å²) in [6, 6.07) is 1.68. The second-order valence-electron chi connectivity index (χ2n) is 1.85. The predicted octanol–water partition coefficient (Wildman–Crippen LogP) is 1.14. The van der Waals surface area contributed by atoms with Gasteiger partial charge in [-0.15, -0.1) is 0 Å². The first-order valence-electron chi connectivity index (χ1n) is 2.95. The Morgan fingerprint density at radius 1 is 1.55 bits per heavy atom. The van der Waals surface area contributed by atoms with Gasteiger partial charge in [-0.1, -0.05) is 0 Å². The van der Waals surface area contributed by atoms with Crippen LogP contribution in [0.2, 0.25) is 0 Å². The van der Waals surface area contributed by atoms with E-state index in [1.165, 1.54) is 10.8 Å². The molecule has 0 atom stereocenters. The van der Waals surface area contributed by atoms with Gasteiger partial charge in [0.25, 0.3) is 0 Å². The van der Waals surface area contributed by atoms with Crippen LogP contribution in [0.15, 0.2) is 18.5 Å². The van der Waals surface area contributed by atoms with Crippen molar-refractivity contribution in [2.24, 2.45) is 0 Å². The maximum Gasteiger partial charge on any atom is 0.242 e. The largest absolute Gasteiger partial charge is 0.274 e. The summed E-state index contributed by atoms with van der Waals surface area (Å²) in [5, 5.41) is 0. The number of rotatable bonds is 1. The van der Waals surface area contributed by atoms with Crippen LogP contribution in [-0.4, -0.2) is 15.9 Å². The van der Waals surface area contributed by atoms with E-state index in [9.17, 15) is 4.79 Å². The highest BCUT2D eigenvalue weighted by molar-refractivity contribution is 9.10. The van der Waals surface area contributed by atoms with Crippen molar-refractivity contribution in [2.45, 2.75) is 6.92 Å². The molecule has 4 nitrogen and oxygen atoms in total. The number of aromatic nitrogens is 2. The zero-order valence-corrected chi connectivity index (χ0v) is 7.45. The molecule has 11 heavy (non-hydrogen) atoms. The third-order valence-corrected chi connectivity index (χ3v) is 1.82. The van der Waals surface area contributed by atoms with Gasteiger partial charge in [0.05, 0.1) is 16.1 Å². The second-order valence-corrected chi connectivity index (χ2v) is 2.56. The molecule has 0 bridgehead atoms. The van der Waals surface area contributed by atoms with E-state index in [0.717, 1.165) is 0 Å². The van der Waals surface area contributed by atoms with Crippen molar-refractivity contribution in [1.29, 1.82) is 0 Å². The van der Waals surface area contributed by atoms with Crippen LogP contribution in [0.4, 0.5) is 5.95 Å². The zero-order chi connectivity index (χ0) is 8.27. The van der Waals surface area contributed by atoms with Crippen LogP contribution >= 0.6 is 16.1 Å². The Labute approximate surface area is 72.6 Å². The molecule has 0 saturated heterocycles. The summed E-state index contributed by atoms with van der Waals surface area (Å²) in [6.45, 7) is 1.42. The third-order valence-electron chi connectivity index (χ3n) is 1.00. The Balaban J connectivity index is 2.85. The molecule has 5 heteroatoms. The maximum atomic E-state index is 10.7. The molecule has 0 fully saturated rings. The maximum absolute atomic E-state index is 10.7. The van der Waals surface area contributed by atoms with Crippen LogP contribution in [0.5, 0.6) is 0 Å². The van der Waals surface area contributed by atoms with E-state index >= 15 is 0 Å². The average molecular weight is 216 g/mol. The summed E-state index contributed by atoms with van der Waals surface area (Å²) in [4.78, 5) is 18.4. The van der Waals surface area contributed by atoms with Crippen molar-refractivity contribution < 1.29 is 4.79 Å². The smallest absolute Gasteiger partial charge is 0.242 e. The fourth-order valence-corrected chi connectivity index (χ4v) is 0.717. The number of amides is 1. The minimum absolute atomic E-state index is 0.156. The van der Waals surface area contributed by atoms with Crippen LogP contribution < -0.4 is 3.93 Å². The van der Waals surface area contributed by atoms with Gasteiger partial charge in [0.2, 0.25) is 11.9 Å². The van der Waals surface area contributed by atoms with Gasteiger partial charge in [-0.3, -0.25) is 4.79 Å². The summed E-state index contributed by atoms with van der Waals surface area (Å²) in [5.74, 6) is 0.191. The molecule has 0 aliphatic heterocycles. The molecule has 1 aromatic rings. The van der Waals surface area contributed by atoms with Crippen LogP contribution in [0.3, 0.4) is 0 Å². The molecule has 1 aromatic heterocycles. The van der Waals surface area contributed by atoms with Gasteiger partial charge < -0.3 is 0 Å². The Morgan fingerprint density at radius 3 is 2.55 bits per heavy atom. The molecule has 0 aromatic carbocycles. The molecule has 1 amide bonds. The number of nitrogens with zero attached hydrogens (tertiary/aromatic N) is 3. The zero-order valence-electron chi connectivity index (χ0n) is 5.86. The van der Waals surface area contributed by atoms with Crippen molar-refractivity contribution >= 4 is 28.0 Å². The Kier molecular flexibility index (Phi) is 2.53. The van der Waals surface area contributed by atoms with Crippen molar-refractivity contribution in [2.75, 3.05) is 3.93 Å². The molecule has 0 aliphatic rings. The summed E-state index contributed by atoms with van der Waals surface area (Å²) in [5.41, 5.74) is 0. The summed E-state index contributed by atoms with van der Waals surface area (Å²) >= 11 is 3.01. The quantitative estimate of drug-likeness (QED) is 0.661. The molecule has 0 aliphatic carbocycles. The van der Waals surface area contributed by atoms with Crippen LogP contribution in [0.1, 0.15) is 6.92 Å². The lowest BCUT2D eigenvalue weighted by Gasteiger charge is -2.07. The van der Waals surface area contributed by atoms with Crippen LogP contribution in [0.25, 0.3) is 0 Å². The first kappa shape index (κ1) is 8.13. The molecular formula is C6H6BrN3O. The number of anilines is 1. The summed E-state index contributed by atoms with van der Waals surface area (Å²) in [7, 11) is 0. The fourth-order valence-electron chi connectivity index (χ4n) is 0.533. The van der Waals surface area contributed by atoms with E-state index < -0.39 is 0 Å². The average Bonchev–Trinajstić information content (AvgIpc) is 2.05. The highest BCUT2D eigenvalue weighted by Gasteiger charge is 2.08. The first-order valence-corrected chi connectivity index (χ1v) is 3.66. The topological polar surface area (TPSA) is 46.1 Å². The SMILES string of the molecule is CC(=O)N(Br)c1ncccn1. The first-order chi connectivity index (χ1) is 5.22. The number of carbonyl (C=O) groups is 1. The minimum Gasteiger partial charge on any atom is -0.274 e. The molecule has 0 unspecified atom stereocenters. The standard InChI is InChI=1S/C6H6BrN3O/c1-5(11)10(7)6-8-3-2-4-9-6/h2-4H,1H3. The molecule has 0 N–H and O–H groups in total. The molecule has 0 saturated carbocycles. The second kappa shape index (κ2) is 3.43. The minimum atomic E-state index is -0.156. The van der Waals surface area contributed by atoms with Crippen molar-refractivity contribution in [1.82, 2.24) is 9.97 Å². The summed E-state index contributed by atoms with van der Waals surface area (Å²) < 4.78 is 1.20. The van der Waals surface area contributed by atoms with Crippen LogP contribution in [-0.2, 0) is 4.79 Å². The highest BCUT2D eigenvalue weighted by atomic mass is 79.9. The molecule has 0 radical (unpaired) electrons. The number of carbonyl (C=O) groups excluding carboxylic acids is 1. The van der Waals surface area contributed by atoms with E-state index in [-0.39, 0.29) is 5.91 Å². The lowest BCUT2D eigenvalue weighted by molar-refractivity contribution is -0.115. The van der Waals surface area contributed by atoms with Gasteiger partial charge in [0.1, 0.15) is 0 Å². The van der Waals surface area contributed by atoms with Crippen LogP contribution in [0, 0.1) is 0 Å². The molecule has 0 spiro atoms. The van der Waals surface area contributed by atoms with Crippen molar-refractivity contribution in [3.63, 3.8) is 0 Å². The molecule has 1 heterocycles. The van der Waals surface area contributed by atoms with E-state index in [0.29, 0.717) is 5.95 Å². The Bertz CT molecular complexity index is 251. The van der Waals surface area contributed by atoms with E-state index in [2.05, 4.69) is 26.1 Å². The number of hydrogen-bond donors (Lipinski definition) is 0. The van der Waals surface area contributed by atoms with Gasteiger partial charge >= 0.3 is 0 Å². The molecular weight excluding hydrogens is 210 g/mol. The number of hydrogen-bond acceptors (Lipinski definition) is 3. The number of halogens is 1. The van der Waals surface area contributed by atoms with E-state index in [4.69, 9.17) is 0 Å². The highest BCUT2D eigenvalue weighted by Crippen LogP contribution is 2.09. The lowest BCUT2D eigenvalue weighted by Crippen LogP contribution is -2.17. The van der Waals surface area contributed by atoms with Gasteiger partial charge in [-0.25, -0.2) is 13.9 Å². The predicted molar refractivity (Wildman–Crippen MR) is 44.1 cm³/mol. The van der Waals surface area contributed by atoms with Crippen molar-refractivity contribution in [3.8, 4) is 0 Å². The molecule has 1 rings (SSSR count). The third kappa shape index (κ3) is 1.98. The van der Waals surface area contributed by atoms with Gasteiger partial charge in [0.15, 0.2) is 0 Å². The van der Waals surface area contributed by atoms with E-state index in [1.807, 2.05) is 0 Å². The van der Waals surface area contributed by atoms with Crippen molar-refractivity contribution in [3.05, 3.63) is 18.5 Å². The Hall–Kier alpha value is -0.970. The molecule has 58 valence electrons. The lowest BCUT2D eigenvalue weighted by atomic mass is 10.6. The van der Waals surface area contributed by atoms with E-state index in [1.54, 1.807) is 18.5 Å².